The first kappa shape index (κ1) is 18.1. The van der Waals surface area contributed by atoms with Crippen LogP contribution in [-0.4, -0.2) is 27.3 Å². The Morgan fingerprint density at radius 2 is 2.00 bits per heavy atom. The van der Waals surface area contributed by atoms with Gasteiger partial charge in [-0.2, -0.15) is 10.4 Å². The number of benzene rings is 2. The molecule has 4 N–H and O–H groups in total. The third-order valence-corrected chi connectivity index (χ3v) is 4.19. The zero-order valence-corrected chi connectivity index (χ0v) is 15.2. The Balaban J connectivity index is 1.88. The number of hydrogen-bond acceptors (Lipinski definition) is 5. The minimum Gasteiger partial charge on any atom is -0.744 e. The predicted octanol–water partition coefficient (Wildman–Crippen LogP) is 2.79. The average molecular weight is 416 g/mol. The van der Waals surface area contributed by atoms with Gasteiger partial charge in [0.05, 0.1) is 6.21 Å². The molecule has 3 aromatic rings. The highest BCUT2D eigenvalue weighted by molar-refractivity contribution is 9.10. The Bertz CT molecular complexity index is 950. The molecule has 1 aromatic heterocycles. The Morgan fingerprint density at radius 3 is 2.73 bits per heavy atom. The largest absolute Gasteiger partial charge is 0.744 e. The second kappa shape index (κ2) is 8.11. The molecule has 0 saturated heterocycles. The van der Waals surface area contributed by atoms with Crippen molar-refractivity contribution in [2.24, 2.45) is 15.9 Å². The van der Waals surface area contributed by atoms with Gasteiger partial charge in [-0.05, 0) is 23.8 Å². The van der Waals surface area contributed by atoms with Crippen LogP contribution in [0.3, 0.4) is 0 Å². The minimum absolute atomic E-state index is 0.322. The van der Waals surface area contributed by atoms with Crippen molar-refractivity contribution in [1.82, 2.24) is 15.3 Å². The number of para-hydroxylation sites is 1. The Morgan fingerprint density at radius 1 is 1.27 bits per heavy atom. The number of aromatic nitrogens is 1. The smallest absolute Gasteiger partial charge is 0.229 e. The van der Waals surface area contributed by atoms with Gasteiger partial charge in [-0.1, -0.05) is 46.3 Å². The number of nitrogens with zero attached hydrogens (tertiary/aromatic N) is 4. The second-order valence-corrected chi connectivity index (χ2v) is 6.39. The van der Waals surface area contributed by atoms with Crippen molar-refractivity contribution in [3.8, 4) is 0 Å². The number of fused-ring (bicyclic) bond motifs is 1. The van der Waals surface area contributed by atoms with E-state index in [2.05, 4.69) is 42.8 Å². The van der Waals surface area contributed by atoms with E-state index < -0.39 is 5.34 Å². The molecule has 0 radical (unpaired) electrons. The summed E-state index contributed by atoms with van der Waals surface area (Å²) in [6.45, 7) is 0.713. The van der Waals surface area contributed by atoms with Gasteiger partial charge >= 0.3 is 0 Å². The molecule has 0 aliphatic carbocycles. The lowest BCUT2D eigenvalue weighted by molar-refractivity contribution is -0.0680. The number of nitrogens with one attached hydrogen (secondary N) is 1. The van der Waals surface area contributed by atoms with Crippen LogP contribution in [0.1, 0.15) is 11.1 Å². The molecule has 134 valence electrons. The fourth-order valence-corrected chi connectivity index (χ4v) is 2.83. The van der Waals surface area contributed by atoms with Crippen molar-refractivity contribution < 1.29 is 5.21 Å². The Hall–Kier alpha value is -2.72. The van der Waals surface area contributed by atoms with E-state index >= 15 is 0 Å². The molecule has 0 aliphatic heterocycles. The van der Waals surface area contributed by atoms with Crippen molar-refractivity contribution in [3.63, 3.8) is 0 Å². The van der Waals surface area contributed by atoms with Crippen molar-refractivity contribution in [1.29, 1.82) is 0 Å². The number of rotatable bonds is 5. The molecule has 3 rings (SSSR count). The monoisotopic (exact) mass is 415 g/mol. The summed E-state index contributed by atoms with van der Waals surface area (Å²) >= 11 is 3.44. The topological polar surface area (TPSA) is 114 Å². The van der Waals surface area contributed by atoms with Gasteiger partial charge in [-0.3, -0.25) is 5.43 Å². The molecule has 0 aliphatic rings. The zero-order valence-electron chi connectivity index (χ0n) is 13.6. The SMILES string of the molecule is NC(=N/N=C/c1cn(Cc2ccc(Br)cc2)c2ccccc12)NN([O-])O. The molecule has 0 amide bonds. The van der Waals surface area contributed by atoms with Crippen LogP contribution in [0.25, 0.3) is 10.9 Å². The summed E-state index contributed by atoms with van der Waals surface area (Å²) < 4.78 is 3.16. The highest BCUT2D eigenvalue weighted by Crippen LogP contribution is 2.22. The molecule has 0 unspecified atom stereocenters. The molecule has 2 aromatic carbocycles. The van der Waals surface area contributed by atoms with Gasteiger partial charge in [0.1, 0.15) is 0 Å². The van der Waals surface area contributed by atoms with Crippen LogP contribution in [0, 0.1) is 5.21 Å². The van der Waals surface area contributed by atoms with Gasteiger partial charge in [-0.15, -0.1) is 5.10 Å². The van der Waals surface area contributed by atoms with Crippen molar-refractivity contribution in [3.05, 3.63) is 75.5 Å². The molecular formula is C17H16BrN6O2-. The fourth-order valence-electron chi connectivity index (χ4n) is 2.57. The second-order valence-electron chi connectivity index (χ2n) is 5.47. The van der Waals surface area contributed by atoms with Crippen molar-refractivity contribution >= 4 is 39.0 Å². The van der Waals surface area contributed by atoms with Gasteiger partial charge in [-0.25, -0.2) is 0 Å². The van der Waals surface area contributed by atoms with Gasteiger partial charge in [0.25, 0.3) is 0 Å². The molecule has 0 fully saturated rings. The fraction of sp³-hybridized carbons (Fsp3) is 0.0588. The first-order valence-corrected chi connectivity index (χ1v) is 8.44. The van der Waals surface area contributed by atoms with Crippen LogP contribution in [0.2, 0.25) is 0 Å². The molecule has 0 atom stereocenters. The van der Waals surface area contributed by atoms with Crippen molar-refractivity contribution in [2.75, 3.05) is 0 Å². The molecule has 1 heterocycles. The summed E-state index contributed by atoms with van der Waals surface area (Å²) in [6.07, 6.45) is 3.52. The van der Waals surface area contributed by atoms with Crippen LogP contribution in [0.15, 0.2) is 69.4 Å². The third-order valence-electron chi connectivity index (χ3n) is 3.66. The van der Waals surface area contributed by atoms with E-state index in [-0.39, 0.29) is 5.96 Å². The van der Waals surface area contributed by atoms with Crippen LogP contribution in [0.4, 0.5) is 0 Å². The number of hydrazine groups is 1. The highest BCUT2D eigenvalue weighted by atomic mass is 79.9. The summed E-state index contributed by atoms with van der Waals surface area (Å²) in [7, 11) is 0. The number of nitrogens with two attached hydrogens (primary N) is 1. The summed E-state index contributed by atoms with van der Waals surface area (Å²) in [5, 5.41) is 26.8. The maximum absolute atomic E-state index is 10.4. The Kier molecular flexibility index (Phi) is 5.64. The first-order valence-electron chi connectivity index (χ1n) is 7.64. The van der Waals surface area contributed by atoms with E-state index in [9.17, 15) is 5.21 Å². The molecular weight excluding hydrogens is 400 g/mol. The zero-order chi connectivity index (χ0) is 18.5. The quantitative estimate of drug-likeness (QED) is 0.336. The standard InChI is InChI=1S/C17H16BrN6O2/c18-14-7-5-12(6-8-14)10-23-11-13(15-3-1-2-4-16(15)23)9-20-21-17(19)22-24(25)26/h1-9,11,25H,10H2,(H3,19,21,22)/q-1/b20-9+. The van der Waals surface area contributed by atoms with E-state index in [1.54, 1.807) is 6.21 Å². The van der Waals surface area contributed by atoms with E-state index in [1.807, 2.05) is 48.0 Å². The summed E-state index contributed by atoms with van der Waals surface area (Å²) in [5.74, 6) is -0.322. The highest BCUT2D eigenvalue weighted by Gasteiger charge is 2.07. The maximum atomic E-state index is 10.4. The van der Waals surface area contributed by atoms with Crippen molar-refractivity contribution in [2.45, 2.75) is 6.54 Å². The molecule has 0 spiro atoms. The molecule has 0 bridgehead atoms. The van der Waals surface area contributed by atoms with Gasteiger partial charge in [0.15, 0.2) is 0 Å². The van der Waals surface area contributed by atoms with Gasteiger partial charge < -0.3 is 20.7 Å². The predicted molar refractivity (Wildman–Crippen MR) is 105 cm³/mol. The normalized spacial score (nSPS) is 12.4. The van der Waals surface area contributed by atoms with Gasteiger partial charge in [0, 0.05) is 33.7 Å². The number of guanidine groups is 1. The Labute approximate surface area is 157 Å². The van der Waals surface area contributed by atoms with Crippen LogP contribution in [-0.2, 0) is 6.54 Å². The number of halogens is 1. The molecule has 8 nitrogen and oxygen atoms in total. The maximum Gasteiger partial charge on any atom is 0.229 e. The number of hydrogen-bond donors (Lipinski definition) is 3. The van der Waals surface area contributed by atoms with E-state index in [4.69, 9.17) is 10.9 Å². The van der Waals surface area contributed by atoms with E-state index in [1.165, 1.54) is 5.56 Å². The van der Waals surface area contributed by atoms with E-state index in [0.29, 0.717) is 6.54 Å². The first-order chi connectivity index (χ1) is 12.5. The summed E-state index contributed by atoms with van der Waals surface area (Å²) in [6, 6.07) is 16.1. The molecule has 9 heteroatoms. The lowest BCUT2D eigenvalue weighted by Crippen LogP contribution is -2.40. The molecule has 26 heavy (non-hydrogen) atoms. The molecule has 0 saturated carbocycles. The lowest BCUT2D eigenvalue weighted by atomic mass is 10.2. The van der Waals surface area contributed by atoms with E-state index in [0.717, 1.165) is 20.9 Å². The van der Waals surface area contributed by atoms with Crippen LogP contribution >= 0.6 is 15.9 Å². The third kappa shape index (κ3) is 4.46. The summed E-state index contributed by atoms with van der Waals surface area (Å²) in [4.78, 5) is 0. The van der Waals surface area contributed by atoms with Gasteiger partial charge in [0.2, 0.25) is 5.96 Å². The average Bonchev–Trinajstić information content (AvgIpc) is 2.94. The lowest BCUT2D eigenvalue weighted by Gasteiger charge is -2.19. The summed E-state index contributed by atoms with van der Waals surface area (Å²) in [5.41, 5.74) is 10.3. The van der Waals surface area contributed by atoms with Crippen LogP contribution in [0.5, 0.6) is 0 Å². The minimum atomic E-state index is -0.543. The van der Waals surface area contributed by atoms with Crippen LogP contribution < -0.4 is 11.2 Å².